The number of benzene rings is 1. The predicted molar refractivity (Wildman–Crippen MR) is 90.5 cm³/mol. The number of ether oxygens (including phenoxy) is 1. The Hall–Kier alpha value is -2.73. The second-order valence-electron chi connectivity index (χ2n) is 5.65. The highest BCUT2D eigenvalue weighted by molar-refractivity contribution is 5.51. The Balaban J connectivity index is 1.47. The van der Waals surface area contributed by atoms with Crippen LogP contribution >= 0.6 is 0 Å². The van der Waals surface area contributed by atoms with Crippen LogP contribution in [-0.2, 0) is 6.54 Å². The molecule has 3 rings (SSSR count). The molecule has 0 bridgehead atoms. The van der Waals surface area contributed by atoms with Gasteiger partial charge in [-0.25, -0.2) is 0 Å². The third-order valence-electron chi connectivity index (χ3n) is 3.56. The van der Waals surface area contributed by atoms with E-state index in [0.29, 0.717) is 24.9 Å². The van der Waals surface area contributed by atoms with Gasteiger partial charge in [0.2, 0.25) is 11.7 Å². The normalized spacial score (nSPS) is 11.0. The molecule has 24 heavy (non-hydrogen) atoms. The van der Waals surface area contributed by atoms with Crippen LogP contribution in [0, 0.1) is 6.92 Å². The molecule has 0 aliphatic heterocycles. The minimum Gasteiger partial charge on any atom is -0.492 e. The SMILES string of the molecule is Cc1ccc(OCCN(C)Cc2nc(-c3cccnc3)no2)cc1. The van der Waals surface area contributed by atoms with Crippen LogP contribution < -0.4 is 4.74 Å². The van der Waals surface area contributed by atoms with Crippen molar-refractivity contribution in [2.75, 3.05) is 20.2 Å². The average Bonchev–Trinajstić information content (AvgIpc) is 3.06. The standard InChI is InChI=1S/C18H20N4O2/c1-14-5-7-16(8-6-14)23-11-10-22(2)13-17-20-18(21-24-17)15-4-3-9-19-12-15/h3-9,12H,10-11,13H2,1-2H3. The maximum absolute atomic E-state index is 5.73. The van der Waals surface area contributed by atoms with Crippen LogP contribution in [0.25, 0.3) is 11.4 Å². The Morgan fingerprint density at radius 3 is 2.75 bits per heavy atom. The topological polar surface area (TPSA) is 64.3 Å². The lowest BCUT2D eigenvalue weighted by Crippen LogP contribution is -2.24. The summed E-state index contributed by atoms with van der Waals surface area (Å²) in [6.07, 6.45) is 3.43. The lowest BCUT2D eigenvalue weighted by molar-refractivity contribution is 0.213. The van der Waals surface area contributed by atoms with Crippen LogP contribution in [0.15, 0.2) is 53.3 Å². The molecule has 124 valence electrons. The fourth-order valence-corrected chi connectivity index (χ4v) is 2.20. The van der Waals surface area contributed by atoms with E-state index in [-0.39, 0.29) is 0 Å². The molecule has 2 heterocycles. The summed E-state index contributed by atoms with van der Waals surface area (Å²) in [6.45, 7) is 3.99. The number of aromatic nitrogens is 3. The summed E-state index contributed by atoms with van der Waals surface area (Å²) < 4.78 is 11.0. The molecule has 6 nitrogen and oxygen atoms in total. The van der Waals surface area contributed by atoms with Gasteiger partial charge in [0, 0.05) is 24.5 Å². The fraction of sp³-hybridized carbons (Fsp3) is 0.278. The first-order valence-electron chi connectivity index (χ1n) is 7.82. The van der Waals surface area contributed by atoms with Gasteiger partial charge in [-0.3, -0.25) is 9.88 Å². The van der Waals surface area contributed by atoms with Crippen molar-refractivity contribution in [3.63, 3.8) is 0 Å². The number of rotatable bonds is 7. The van der Waals surface area contributed by atoms with E-state index in [1.807, 2.05) is 43.4 Å². The molecule has 0 N–H and O–H groups in total. The zero-order chi connectivity index (χ0) is 16.8. The van der Waals surface area contributed by atoms with Crippen LogP contribution in [0.1, 0.15) is 11.5 Å². The quantitative estimate of drug-likeness (QED) is 0.666. The van der Waals surface area contributed by atoms with Gasteiger partial charge in [0.25, 0.3) is 0 Å². The summed E-state index contributed by atoms with van der Waals surface area (Å²) in [5, 5.41) is 3.99. The number of aryl methyl sites for hydroxylation is 1. The molecular formula is C18H20N4O2. The largest absolute Gasteiger partial charge is 0.492 e. The van der Waals surface area contributed by atoms with Crippen molar-refractivity contribution in [1.29, 1.82) is 0 Å². The van der Waals surface area contributed by atoms with E-state index in [1.54, 1.807) is 12.4 Å². The van der Waals surface area contributed by atoms with Crippen LogP contribution in [0.2, 0.25) is 0 Å². The molecule has 3 aromatic rings. The van der Waals surface area contributed by atoms with Crippen LogP contribution in [0.4, 0.5) is 0 Å². The molecule has 0 radical (unpaired) electrons. The summed E-state index contributed by atoms with van der Waals surface area (Å²) in [6, 6.07) is 11.8. The number of hydrogen-bond donors (Lipinski definition) is 0. The van der Waals surface area contributed by atoms with Crippen molar-refractivity contribution in [3.8, 4) is 17.1 Å². The minimum absolute atomic E-state index is 0.558. The van der Waals surface area contributed by atoms with Gasteiger partial charge in [-0.15, -0.1) is 0 Å². The van der Waals surface area contributed by atoms with Gasteiger partial charge in [-0.05, 0) is 38.2 Å². The molecule has 2 aromatic heterocycles. The molecule has 0 atom stereocenters. The molecule has 1 aromatic carbocycles. The molecule has 0 aliphatic rings. The van der Waals surface area contributed by atoms with Gasteiger partial charge in [0.15, 0.2) is 0 Å². The van der Waals surface area contributed by atoms with Crippen LogP contribution in [0.5, 0.6) is 5.75 Å². The van der Waals surface area contributed by atoms with Gasteiger partial charge in [0.05, 0.1) is 6.54 Å². The zero-order valence-corrected chi connectivity index (χ0v) is 13.8. The van der Waals surface area contributed by atoms with E-state index in [4.69, 9.17) is 9.26 Å². The van der Waals surface area contributed by atoms with Crippen molar-refractivity contribution >= 4 is 0 Å². The number of hydrogen-bond acceptors (Lipinski definition) is 6. The summed E-state index contributed by atoms with van der Waals surface area (Å²) >= 11 is 0. The maximum atomic E-state index is 5.73. The Morgan fingerprint density at radius 2 is 2.00 bits per heavy atom. The second kappa shape index (κ2) is 7.70. The Morgan fingerprint density at radius 1 is 1.17 bits per heavy atom. The smallest absolute Gasteiger partial charge is 0.241 e. The van der Waals surface area contributed by atoms with Crippen LogP contribution in [-0.4, -0.2) is 40.2 Å². The molecule has 0 saturated heterocycles. The summed E-state index contributed by atoms with van der Waals surface area (Å²) in [5.74, 6) is 2.01. The fourth-order valence-electron chi connectivity index (χ4n) is 2.20. The predicted octanol–water partition coefficient (Wildman–Crippen LogP) is 2.95. The number of nitrogens with zero attached hydrogens (tertiary/aromatic N) is 4. The lowest BCUT2D eigenvalue weighted by Gasteiger charge is -2.14. The minimum atomic E-state index is 0.558. The van der Waals surface area contributed by atoms with E-state index < -0.39 is 0 Å². The Labute approximate surface area is 141 Å². The number of pyridine rings is 1. The highest BCUT2D eigenvalue weighted by atomic mass is 16.5. The third-order valence-corrected chi connectivity index (χ3v) is 3.56. The van der Waals surface area contributed by atoms with E-state index in [0.717, 1.165) is 17.9 Å². The van der Waals surface area contributed by atoms with Crippen molar-refractivity contribution in [1.82, 2.24) is 20.0 Å². The zero-order valence-electron chi connectivity index (χ0n) is 13.8. The highest BCUT2D eigenvalue weighted by Gasteiger charge is 2.10. The molecule has 0 amide bonds. The summed E-state index contributed by atoms with van der Waals surface area (Å²) in [4.78, 5) is 10.5. The lowest BCUT2D eigenvalue weighted by atomic mass is 10.2. The van der Waals surface area contributed by atoms with Gasteiger partial charge in [-0.2, -0.15) is 4.98 Å². The molecule has 0 fully saturated rings. The first-order valence-corrected chi connectivity index (χ1v) is 7.82. The van der Waals surface area contributed by atoms with Gasteiger partial charge >= 0.3 is 0 Å². The van der Waals surface area contributed by atoms with E-state index >= 15 is 0 Å². The van der Waals surface area contributed by atoms with Gasteiger partial charge in [0.1, 0.15) is 12.4 Å². The Kier molecular flexibility index (Phi) is 5.18. The first kappa shape index (κ1) is 16.1. The van der Waals surface area contributed by atoms with E-state index in [9.17, 15) is 0 Å². The van der Waals surface area contributed by atoms with Gasteiger partial charge in [-0.1, -0.05) is 22.9 Å². The van der Waals surface area contributed by atoms with Crippen LogP contribution in [0.3, 0.4) is 0 Å². The Bertz CT molecular complexity index is 756. The van der Waals surface area contributed by atoms with Crippen molar-refractivity contribution in [2.45, 2.75) is 13.5 Å². The monoisotopic (exact) mass is 324 g/mol. The first-order chi connectivity index (χ1) is 11.7. The highest BCUT2D eigenvalue weighted by Crippen LogP contribution is 2.14. The van der Waals surface area contributed by atoms with Crippen molar-refractivity contribution < 1.29 is 9.26 Å². The maximum Gasteiger partial charge on any atom is 0.241 e. The molecule has 0 unspecified atom stereocenters. The molecule has 0 saturated carbocycles. The van der Waals surface area contributed by atoms with E-state index in [1.165, 1.54) is 5.56 Å². The molecular weight excluding hydrogens is 304 g/mol. The second-order valence-corrected chi connectivity index (χ2v) is 5.65. The summed E-state index contributed by atoms with van der Waals surface area (Å²) in [7, 11) is 1.99. The third kappa shape index (κ3) is 4.39. The summed E-state index contributed by atoms with van der Waals surface area (Å²) in [5.41, 5.74) is 2.07. The average molecular weight is 324 g/mol. The number of likely N-dealkylation sites (N-methyl/N-ethyl adjacent to an activating group) is 1. The molecule has 0 spiro atoms. The van der Waals surface area contributed by atoms with Crippen molar-refractivity contribution in [3.05, 3.63) is 60.2 Å². The molecule has 0 aliphatic carbocycles. The van der Waals surface area contributed by atoms with Gasteiger partial charge < -0.3 is 9.26 Å². The molecule has 6 heteroatoms. The van der Waals surface area contributed by atoms with E-state index in [2.05, 4.69) is 26.9 Å². The van der Waals surface area contributed by atoms with Crippen molar-refractivity contribution in [2.24, 2.45) is 0 Å².